The Hall–Kier alpha value is -0.845. The van der Waals surface area contributed by atoms with Crippen LogP contribution in [-0.2, 0) is 11.2 Å². The second kappa shape index (κ2) is 6.07. The molecule has 1 heterocycles. The van der Waals surface area contributed by atoms with Gasteiger partial charge in [0.15, 0.2) is 0 Å². The molecule has 0 radical (unpaired) electrons. The summed E-state index contributed by atoms with van der Waals surface area (Å²) >= 11 is 0. The van der Waals surface area contributed by atoms with Crippen LogP contribution in [0.25, 0.3) is 0 Å². The summed E-state index contributed by atoms with van der Waals surface area (Å²) in [5.74, 6) is 0. The first-order chi connectivity index (χ1) is 8.67. The van der Waals surface area contributed by atoms with E-state index < -0.39 is 18.3 Å². The van der Waals surface area contributed by atoms with Crippen LogP contribution in [0.1, 0.15) is 47.5 Å². The lowest BCUT2D eigenvalue weighted by Crippen LogP contribution is -2.53. The lowest BCUT2D eigenvalue weighted by molar-refractivity contribution is -0.0982. The van der Waals surface area contributed by atoms with Gasteiger partial charge in [0.2, 0.25) is 0 Å². The first-order valence-electron chi connectivity index (χ1n) is 6.78. The maximum absolute atomic E-state index is 10.1. The Morgan fingerprint density at radius 2 is 2.00 bits per heavy atom. The Morgan fingerprint density at radius 1 is 1.37 bits per heavy atom. The lowest BCUT2D eigenvalue weighted by atomic mass is 9.78. The van der Waals surface area contributed by atoms with Crippen LogP contribution in [0.2, 0.25) is 0 Å². The third kappa shape index (κ3) is 4.33. The maximum atomic E-state index is 10.1. The largest absolute Gasteiger partial charge is 0.494 e. The zero-order chi connectivity index (χ0) is 14.7. The van der Waals surface area contributed by atoms with Crippen molar-refractivity contribution in [2.24, 2.45) is 0 Å². The predicted octanol–water partition coefficient (Wildman–Crippen LogP) is 0.937. The molecule has 0 spiro atoms. The molecule has 0 atom stereocenters. The number of aliphatic hydroxyl groups is 1. The normalized spacial score (nSPS) is 12.8. The number of hydrogen-bond acceptors (Lipinski definition) is 4. The first-order valence-corrected chi connectivity index (χ1v) is 6.78. The van der Waals surface area contributed by atoms with Crippen LogP contribution < -0.4 is 5.46 Å². The molecule has 5 nitrogen and oxygen atoms in total. The minimum absolute atomic E-state index is 0.605. The van der Waals surface area contributed by atoms with Gasteiger partial charge in [-0.1, -0.05) is 13.3 Å². The van der Waals surface area contributed by atoms with Gasteiger partial charge in [0.25, 0.3) is 0 Å². The van der Waals surface area contributed by atoms with Gasteiger partial charge in [-0.05, 0) is 34.1 Å². The zero-order valence-corrected chi connectivity index (χ0v) is 12.6. The summed E-state index contributed by atoms with van der Waals surface area (Å²) in [7, 11) is -1.09. The molecule has 2 N–H and O–H groups in total. The quantitative estimate of drug-likeness (QED) is 0.722. The van der Waals surface area contributed by atoms with Gasteiger partial charge in [0.05, 0.1) is 11.2 Å². The second-order valence-electron chi connectivity index (χ2n) is 5.93. The molecule has 0 fully saturated rings. The summed E-state index contributed by atoms with van der Waals surface area (Å²) in [6, 6.07) is 0. The molecule has 0 bridgehead atoms. The molecule has 0 amide bonds. The fraction of sp³-hybridized carbons (Fsp3) is 0.769. The molecule has 1 rings (SSSR count). The highest BCUT2D eigenvalue weighted by atomic mass is 16.5. The Balaban J connectivity index is 2.68. The van der Waals surface area contributed by atoms with Crippen LogP contribution in [0.5, 0.6) is 0 Å². The van der Waals surface area contributed by atoms with Gasteiger partial charge in [-0.2, -0.15) is 5.10 Å². The van der Waals surface area contributed by atoms with Crippen molar-refractivity contribution in [2.75, 3.05) is 0 Å². The number of nitrogens with zero attached hydrogens (tertiary/aromatic N) is 2. The minimum atomic E-state index is -1.09. The monoisotopic (exact) mass is 268 g/mol. The Morgan fingerprint density at radius 3 is 2.53 bits per heavy atom. The minimum Gasteiger partial charge on any atom is -0.423 e. The summed E-state index contributed by atoms with van der Waals surface area (Å²) in [6.45, 7) is 9.76. The highest BCUT2D eigenvalue weighted by Gasteiger charge is 2.39. The lowest BCUT2D eigenvalue weighted by Gasteiger charge is -2.38. The number of aromatic nitrogens is 2. The van der Waals surface area contributed by atoms with Gasteiger partial charge in [-0.15, -0.1) is 0 Å². The van der Waals surface area contributed by atoms with E-state index in [9.17, 15) is 10.1 Å². The molecule has 0 aliphatic carbocycles. The fourth-order valence-electron chi connectivity index (χ4n) is 1.44. The predicted molar refractivity (Wildman–Crippen MR) is 76.2 cm³/mol. The molecule has 1 aromatic rings. The highest BCUT2D eigenvalue weighted by molar-refractivity contribution is 6.59. The summed E-state index contributed by atoms with van der Waals surface area (Å²) in [5.41, 5.74) is -1.31. The summed E-state index contributed by atoms with van der Waals surface area (Å²) in [4.78, 5) is 0. The summed E-state index contributed by atoms with van der Waals surface area (Å²) < 4.78 is 7.35. The average Bonchev–Trinajstić information content (AvgIpc) is 2.72. The third-order valence-electron chi connectivity index (χ3n) is 3.56. The molecule has 0 aliphatic heterocycles. The Bertz CT molecular complexity index is 399. The van der Waals surface area contributed by atoms with Crippen molar-refractivity contribution in [1.82, 2.24) is 9.78 Å². The Labute approximate surface area is 115 Å². The van der Waals surface area contributed by atoms with Gasteiger partial charge in [-0.3, -0.25) is 4.68 Å². The SMILES string of the molecule is CCCCn1cc(B(O)OC(C)(C)C(C)(C)O)cn1. The molecule has 1 aromatic heterocycles. The molecular weight excluding hydrogens is 243 g/mol. The highest BCUT2D eigenvalue weighted by Crippen LogP contribution is 2.25. The van der Waals surface area contributed by atoms with Crippen LogP contribution in [0.3, 0.4) is 0 Å². The van der Waals surface area contributed by atoms with Gasteiger partial charge < -0.3 is 14.8 Å². The number of rotatable bonds is 7. The van der Waals surface area contributed by atoms with Crippen molar-refractivity contribution in [1.29, 1.82) is 0 Å². The molecule has 0 saturated heterocycles. The van der Waals surface area contributed by atoms with E-state index in [0.29, 0.717) is 5.46 Å². The van der Waals surface area contributed by atoms with Crippen LogP contribution in [0.15, 0.2) is 12.4 Å². The van der Waals surface area contributed by atoms with E-state index in [0.717, 1.165) is 19.4 Å². The molecule has 19 heavy (non-hydrogen) atoms. The van der Waals surface area contributed by atoms with Crippen LogP contribution in [-0.4, -0.2) is 38.2 Å². The van der Waals surface area contributed by atoms with E-state index in [4.69, 9.17) is 4.65 Å². The third-order valence-corrected chi connectivity index (χ3v) is 3.56. The van der Waals surface area contributed by atoms with Crippen molar-refractivity contribution in [3.8, 4) is 0 Å². The number of unbranched alkanes of at least 4 members (excludes halogenated alkanes) is 1. The smallest absolute Gasteiger partial charge is 0.423 e. The van der Waals surface area contributed by atoms with Crippen molar-refractivity contribution < 1.29 is 14.8 Å². The van der Waals surface area contributed by atoms with Gasteiger partial charge in [-0.25, -0.2) is 0 Å². The van der Waals surface area contributed by atoms with Gasteiger partial charge in [0.1, 0.15) is 0 Å². The molecule has 0 unspecified atom stereocenters. The molecule has 6 heteroatoms. The molecule has 0 saturated carbocycles. The van der Waals surface area contributed by atoms with E-state index >= 15 is 0 Å². The van der Waals surface area contributed by atoms with E-state index in [1.165, 1.54) is 0 Å². The zero-order valence-electron chi connectivity index (χ0n) is 12.6. The van der Waals surface area contributed by atoms with Gasteiger partial charge in [0, 0.05) is 24.4 Å². The second-order valence-corrected chi connectivity index (χ2v) is 5.93. The van der Waals surface area contributed by atoms with Crippen molar-refractivity contribution in [2.45, 2.75) is 65.2 Å². The maximum Gasteiger partial charge on any atom is 0.494 e. The molecule has 0 aromatic carbocycles. The summed E-state index contributed by atoms with van der Waals surface area (Å²) in [6.07, 6.45) is 5.52. The fourth-order valence-corrected chi connectivity index (χ4v) is 1.44. The van der Waals surface area contributed by atoms with Crippen LogP contribution in [0, 0.1) is 0 Å². The number of aryl methyl sites for hydroxylation is 1. The van der Waals surface area contributed by atoms with E-state index in [1.807, 2.05) is 0 Å². The van der Waals surface area contributed by atoms with Gasteiger partial charge >= 0.3 is 7.12 Å². The van der Waals surface area contributed by atoms with E-state index in [2.05, 4.69) is 12.0 Å². The standard InChI is InChI=1S/C13H25BN2O3/c1-6-7-8-16-10-11(9-15-16)14(18)19-13(4,5)12(2,3)17/h9-10,17-18H,6-8H2,1-5H3. The summed E-state index contributed by atoms with van der Waals surface area (Å²) in [5, 5.41) is 24.3. The van der Waals surface area contributed by atoms with Crippen molar-refractivity contribution in [3.63, 3.8) is 0 Å². The van der Waals surface area contributed by atoms with E-state index in [1.54, 1.807) is 44.8 Å². The Kier molecular flexibility index (Phi) is 5.18. The van der Waals surface area contributed by atoms with Crippen LogP contribution >= 0.6 is 0 Å². The topological polar surface area (TPSA) is 67.5 Å². The van der Waals surface area contributed by atoms with Crippen LogP contribution in [0.4, 0.5) is 0 Å². The van der Waals surface area contributed by atoms with E-state index in [-0.39, 0.29) is 0 Å². The molecular formula is C13H25BN2O3. The number of hydrogen-bond donors (Lipinski definition) is 2. The average molecular weight is 268 g/mol. The van der Waals surface area contributed by atoms with Crippen molar-refractivity contribution in [3.05, 3.63) is 12.4 Å². The molecule has 0 aliphatic rings. The first kappa shape index (κ1) is 16.2. The van der Waals surface area contributed by atoms with Crippen molar-refractivity contribution >= 4 is 12.6 Å². The molecule has 108 valence electrons.